The fourth-order valence-corrected chi connectivity index (χ4v) is 7.05. The Labute approximate surface area is 244 Å². The first-order chi connectivity index (χ1) is 20.2. The van der Waals surface area contributed by atoms with Gasteiger partial charge in [0.1, 0.15) is 5.75 Å². The number of thiazole rings is 1. The van der Waals surface area contributed by atoms with Crippen molar-refractivity contribution in [3.05, 3.63) is 102 Å². The zero-order valence-electron chi connectivity index (χ0n) is 23.6. The molecule has 206 valence electrons. The van der Waals surface area contributed by atoms with E-state index in [4.69, 9.17) is 14.8 Å². The highest BCUT2D eigenvalue weighted by Crippen LogP contribution is 2.42. The average molecular weight is 559 g/mol. The zero-order valence-corrected chi connectivity index (χ0v) is 24.4. The third-order valence-electron chi connectivity index (χ3n) is 8.23. The molecule has 7 rings (SSSR count). The van der Waals surface area contributed by atoms with Crippen molar-refractivity contribution in [2.24, 2.45) is 5.10 Å². The van der Waals surface area contributed by atoms with Gasteiger partial charge in [0.15, 0.2) is 0 Å². The van der Waals surface area contributed by atoms with Crippen molar-refractivity contribution in [2.45, 2.75) is 51.6 Å². The number of hydrogen-bond acceptors (Lipinski definition) is 5. The fourth-order valence-electron chi connectivity index (χ4n) is 6.08. The Kier molecular flexibility index (Phi) is 6.93. The van der Waals surface area contributed by atoms with Gasteiger partial charge in [0, 0.05) is 34.8 Å². The highest BCUT2D eigenvalue weighted by atomic mass is 32.1. The van der Waals surface area contributed by atoms with Crippen LogP contribution in [-0.2, 0) is 6.54 Å². The van der Waals surface area contributed by atoms with Gasteiger partial charge >= 0.3 is 0 Å². The molecule has 0 saturated carbocycles. The van der Waals surface area contributed by atoms with Gasteiger partial charge in [-0.05, 0) is 72.1 Å². The molecular weight excluding hydrogens is 524 g/mol. The van der Waals surface area contributed by atoms with Gasteiger partial charge in [-0.15, -0.1) is 0 Å². The summed E-state index contributed by atoms with van der Waals surface area (Å²) in [6.45, 7) is 3.32. The summed E-state index contributed by atoms with van der Waals surface area (Å²) in [4.78, 5) is 5.00. The molecule has 0 saturated heterocycles. The minimum Gasteiger partial charge on any atom is -0.497 e. The highest BCUT2D eigenvalue weighted by Gasteiger charge is 2.32. The summed E-state index contributed by atoms with van der Waals surface area (Å²) in [6.07, 6.45) is 5.83. The van der Waals surface area contributed by atoms with Gasteiger partial charge in [-0.1, -0.05) is 73.9 Å². The molecule has 0 bridgehead atoms. The molecule has 6 heteroatoms. The molecule has 0 amide bonds. The van der Waals surface area contributed by atoms with E-state index >= 15 is 0 Å². The topological polar surface area (TPSA) is 42.6 Å². The van der Waals surface area contributed by atoms with Crippen molar-refractivity contribution in [3.63, 3.8) is 0 Å². The van der Waals surface area contributed by atoms with E-state index in [1.807, 2.05) is 18.2 Å². The number of hydrogen-bond donors (Lipinski definition) is 0. The Hall–Kier alpha value is -4.16. The molecular formula is C35H34N4OS. The summed E-state index contributed by atoms with van der Waals surface area (Å²) in [5.74, 6) is 0.850. The number of unbranched alkanes of at least 4 members (excludes halogenated alkanes) is 3. The van der Waals surface area contributed by atoms with Gasteiger partial charge in [0.2, 0.25) is 5.13 Å². The number of hydrazone groups is 1. The lowest BCUT2D eigenvalue weighted by molar-refractivity contribution is 0.415. The number of aryl methyl sites for hydroxylation is 1. The van der Waals surface area contributed by atoms with E-state index in [0.717, 1.165) is 40.6 Å². The third kappa shape index (κ3) is 4.76. The lowest BCUT2D eigenvalue weighted by atomic mass is 9.97. The van der Waals surface area contributed by atoms with Crippen LogP contribution in [0.5, 0.6) is 5.75 Å². The molecule has 0 aliphatic carbocycles. The van der Waals surface area contributed by atoms with Crippen LogP contribution in [0.1, 0.15) is 56.2 Å². The largest absolute Gasteiger partial charge is 0.497 e. The minimum atomic E-state index is 0.0590. The monoisotopic (exact) mass is 558 g/mol. The molecule has 6 aromatic rings. The van der Waals surface area contributed by atoms with Crippen LogP contribution in [0, 0.1) is 0 Å². The summed E-state index contributed by atoms with van der Waals surface area (Å²) in [5, 5.41) is 10.9. The lowest BCUT2D eigenvalue weighted by Crippen LogP contribution is -2.18. The Morgan fingerprint density at radius 1 is 0.854 bits per heavy atom. The second kappa shape index (κ2) is 11.0. The maximum Gasteiger partial charge on any atom is 0.207 e. The maximum absolute atomic E-state index is 5.40. The van der Waals surface area contributed by atoms with Gasteiger partial charge < -0.3 is 9.30 Å². The summed E-state index contributed by atoms with van der Waals surface area (Å²) in [7, 11) is 1.70. The number of fused-ring (bicyclic) bond motifs is 4. The number of ether oxygens (including phenoxy) is 1. The van der Waals surface area contributed by atoms with Crippen molar-refractivity contribution < 1.29 is 4.74 Å². The van der Waals surface area contributed by atoms with Crippen LogP contribution < -0.4 is 9.75 Å². The SMILES string of the molecule is CCCCCCn1c2ccccc2c2cc(C3CC(c4ccc(OC)cc4)=NN3c3nc4ccccc4s3)ccc21. The first kappa shape index (κ1) is 25.8. The summed E-state index contributed by atoms with van der Waals surface area (Å²) >= 11 is 1.70. The number of nitrogens with zero attached hydrogens (tertiary/aromatic N) is 4. The molecule has 0 N–H and O–H groups in total. The number of para-hydroxylation sites is 2. The molecule has 1 aliphatic rings. The van der Waals surface area contributed by atoms with Gasteiger partial charge in [-0.2, -0.15) is 5.10 Å². The number of anilines is 1. The van der Waals surface area contributed by atoms with E-state index in [0.29, 0.717) is 0 Å². The first-order valence-corrected chi connectivity index (χ1v) is 15.4. The van der Waals surface area contributed by atoms with E-state index in [1.54, 1.807) is 18.4 Å². The van der Waals surface area contributed by atoms with E-state index in [1.165, 1.54) is 57.8 Å². The summed E-state index contributed by atoms with van der Waals surface area (Å²) in [5.41, 5.74) is 7.09. The minimum absolute atomic E-state index is 0.0590. The molecule has 1 unspecified atom stereocenters. The fraction of sp³-hybridized carbons (Fsp3) is 0.257. The predicted octanol–water partition coefficient (Wildman–Crippen LogP) is 9.35. The quantitative estimate of drug-likeness (QED) is 0.166. The van der Waals surface area contributed by atoms with Crippen LogP contribution in [0.2, 0.25) is 0 Å². The van der Waals surface area contributed by atoms with Crippen LogP contribution in [-0.4, -0.2) is 22.4 Å². The molecule has 1 atom stereocenters. The Balaban J connectivity index is 1.31. The molecule has 5 nitrogen and oxygen atoms in total. The van der Waals surface area contributed by atoms with Crippen molar-refractivity contribution in [2.75, 3.05) is 12.1 Å². The van der Waals surface area contributed by atoms with E-state index in [-0.39, 0.29) is 6.04 Å². The molecule has 0 spiro atoms. The van der Waals surface area contributed by atoms with Crippen LogP contribution in [0.4, 0.5) is 5.13 Å². The summed E-state index contributed by atoms with van der Waals surface area (Å²) < 4.78 is 9.09. The maximum atomic E-state index is 5.40. The second-order valence-electron chi connectivity index (χ2n) is 10.8. The van der Waals surface area contributed by atoms with Gasteiger partial charge in [-0.3, -0.25) is 0 Å². The third-order valence-corrected chi connectivity index (χ3v) is 9.25. The molecule has 2 aromatic heterocycles. The number of methoxy groups -OCH3 is 1. The molecule has 3 heterocycles. The average Bonchev–Trinajstić information content (AvgIpc) is 3.73. The zero-order chi connectivity index (χ0) is 27.8. The van der Waals surface area contributed by atoms with E-state index < -0.39 is 0 Å². The standard InChI is InChI=1S/C35H34N4OS/c1-3-4-5-10-21-38-31-13-8-6-11-27(31)28-22-25(17-20-32(28)38)33-23-30(24-15-18-26(40-2)19-16-24)37-39(33)35-36-29-12-7-9-14-34(29)41-35/h6-9,11-20,22,33H,3-5,10,21,23H2,1-2H3. The lowest BCUT2D eigenvalue weighted by Gasteiger charge is -2.21. The molecule has 1 aliphatic heterocycles. The van der Waals surface area contributed by atoms with Crippen molar-refractivity contribution >= 4 is 54.2 Å². The normalized spacial score (nSPS) is 15.3. The predicted molar refractivity (Wildman–Crippen MR) is 173 cm³/mol. The van der Waals surface area contributed by atoms with E-state index in [2.05, 4.69) is 89.3 Å². The van der Waals surface area contributed by atoms with Gasteiger partial charge in [0.25, 0.3) is 0 Å². The van der Waals surface area contributed by atoms with Gasteiger partial charge in [0.05, 0.1) is 29.1 Å². The number of benzene rings is 4. The van der Waals surface area contributed by atoms with Crippen molar-refractivity contribution in [1.29, 1.82) is 0 Å². The van der Waals surface area contributed by atoms with Crippen LogP contribution in [0.25, 0.3) is 32.0 Å². The molecule has 0 fully saturated rings. The Morgan fingerprint density at radius 2 is 1.66 bits per heavy atom. The van der Waals surface area contributed by atoms with Crippen molar-refractivity contribution in [1.82, 2.24) is 9.55 Å². The molecule has 41 heavy (non-hydrogen) atoms. The van der Waals surface area contributed by atoms with Crippen molar-refractivity contribution in [3.8, 4) is 5.75 Å². The molecule has 4 aromatic carbocycles. The Bertz CT molecular complexity index is 1830. The first-order valence-electron chi connectivity index (χ1n) is 14.6. The number of aromatic nitrogens is 2. The summed E-state index contributed by atoms with van der Waals surface area (Å²) in [6, 6.07) is 32.5. The smallest absolute Gasteiger partial charge is 0.207 e. The second-order valence-corrected chi connectivity index (χ2v) is 11.8. The van der Waals surface area contributed by atoms with Gasteiger partial charge in [-0.25, -0.2) is 9.99 Å². The van der Waals surface area contributed by atoms with Crippen LogP contribution >= 0.6 is 11.3 Å². The number of rotatable bonds is 9. The molecule has 0 radical (unpaired) electrons. The van der Waals surface area contributed by atoms with Crippen LogP contribution in [0.15, 0.2) is 96.1 Å². The van der Waals surface area contributed by atoms with Crippen LogP contribution in [0.3, 0.4) is 0 Å². The Morgan fingerprint density at radius 3 is 2.49 bits per heavy atom. The highest BCUT2D eigenvalue weighted by molar-refractivity contribution is 7.22. The van der Waals surface area contributed by atoms with E-state index in [9.17, 15) is 0 Å².